The molecule has 0 radical (unpaired) electrons. The molecule has 3 aromatic heterocycles. The van der Waals surface area contributed by atoms with Crippen LogP contribution in [0.2, 0.25) is 0 Å². The van der Waals surface area contributed by atoms with E-state index in [9.17, 15) is 0 Å². The minimum atomic E-state index is 0.543. The molecule has 4 aromatic rings. The molecule has 0 spiro atoms. The second-order valence-corrected chi connectivity index (χ2v) is 8.12. The van der Waals surface area contributed by atoms with Crippen LogP contribution < -0.4 is 10.1 Å². The summed E-state index contributed by atoms with van der Waals surface area (Å²) in [5.41, 5.74) is 0.847. The number of nitrogens with one attached hydrogen (secondary N) is 1. The third kappa shape index (κ3) is 3.87. The Labute approximate surface area is 161 Å². The number of methoxy groups -OCH3 is 1. The molecule has 1 aromatic carbocycles. The number of anilines is 2. The van der Waals surface area contributed by atoms with E-state index in [2.05, 4.69) is 25.7 Å². The molecular formula is C16H13N5O2S3. The highest BCUT2D eigenvalue weighted by molar-refractivity contribution is 8.00. The van der Waals surface area contributed by atoms with E-state index >= 15 is 0 Å². The lowest BCUT2D eigenvalue weighted by molar-refractivity contribution is 0.392. The van der Waals surface area contributed by atoms with Crippen LogP contribution >= 0.6 is 34.4 Å². The Morgan fingerprint density at radius 2 is 2.12 bits per heavy atom. The first-order valence-electron chi connectivity index (χ1n) is 7.54. The van der Waals surface area contributed by atoms with E-state index in [1.54, 1.807) is 18.4 Å². The van der Waals surface area contributed by atoms with Crippen LogP contribution in [0.25, 0.3) is 10.7 Å². The normalized spacial score (nSPS) is 10.8. The summed E-state index contributed by atoms with van der Waals surface area (Å²) in [5, 5.41) is 18.2. The van der Waals surface area contributed by atoms with Crippen molar-refractivity contribution in [3.05, 3.63) is 47.7 Å². The number of thiophene rings is 1. The third-order valence-electron chi connectivity index (χ3n) is 3.28. The number of aromatic nitrogens is 4. The van der Waals surface area contributed by atoms with E-state index in [1.165, 1.54) is 23.1 Å². The lowest BCUT2D eigenvalue weighted by Crippen LogP contribution is -1.93. The fourth-order valence-electron chi connectivity index (χ4n) is 2.12. The van der Waals surface area contributed by atoms with Crippen LogP contribution in [0.4, 0.5) is 10.8 Å². The minimum absolute atomic E-state index is 0.543. The molecule has 26 heavy (non-hydrogen) atoms. The lowest BCUT2D eigenvalue weighted by atomic mass is 10.3. The maximum atomic E-state index is 5.32. The van der Waals surface area contributed by atoms with Crippen LogP contribution in [0, 0.1) is 0 Å². The van der Waals surface area contributed by atoms with E-state index in [-0.39, 0.29) is 0 Å². The van der Waals surface area contributed by atoms with Crippen molar-refractivity contribution >= 4 is 45.3 Å². The van der Waals surface area contributed by atoms with Gasteiger partial charge in [0.05, 0.1) is 23.4 Å². The number of hydrogen-bond donors (Lipinski definition) is 1. The number of benzene rings is 1. The summed E-state index contributed by atoms with van der Waals surface area (Å²) in [4.78, 5) is 5.39. The van der Waals surface area contributed by atoms with Crippen molar-refractivity contribution in [1.29, 1.82) is 0 Å². The standard InChI is InChI=1S/C16H13N5O2S3/c1-22-11-6-3-2-5-10(11)17-15-19-20-16(26-15)25-9-13-18-14(21-23-13)12-7-4-8-24-12/h2-8H,9H2,1H3,(H,17,19). The summed E-state index contributed by atoms with van der Waals surface area (Å²) >= 11 is 4.54. The molecule has 0 aliphatic rings. The number of nitrogens with zero attached hydrogens (tertiary/aromatic N) is 4. The zero-order valence-corrected chi connectivity index (χ0v) is 16.0. The zero-order valence-electron chi connectivity index (χ0n) is 13.6. The van der Waals surface area contributed by atoms with Crippen LogP contribution in [-0.4, -0.2) is 27.4 Å². The van der Waals surface area contributed by atoms with Crippen LogP contribution in [0.3, 0.4) is 0 Å². The number of hydrogen-bond acceptors (Lipinski definition) is 10. The average Bonchev–Trinajstić information content (AvgIpc) is 3.41. The molecule has 0 aliphatic heterocycles. The van der Waals surface area contributed by atoms with Gasteiger partial charge in [0.15, 0.2) is 4.34 Å². The van der Waals surface area contributed by atoms with Gasteiger partial charge in [-0.25, -0.2) is 0 Å². The van der Waals surface area contributed by atoms with E-state index in [1.807, 2.05) is 41.8 Å². The van der Waals surface area contributed by atoms with Crippen LogP contribution in [-0.2, 0) is 5.75 Å². The third-order valence-corrected chi connectivity index (χ3v) is 6.11. The Bertz CT molecular complexity index is 983. The van der Waals surface area contributed by atoms with Gasteiger partial charge in [0.1, 0.15) is 5.75 Å². The molecule has 0 atom stereocenters. The second-order valence-electron chi connectivity index (χ2n) is 4.98. The topological polar surface area (TPSA) is 86.0 Å². The van der Waals surface area contributed by atoms with Crippen molar-refractivity contribution < 1.29 is 9.26 Å². The van der Waals surface area contributed by atoms with Gasteiger partial charge in [-0.15, -0.1) is 21.5 Å². The van der Waals surface area contributed by atoms with E-state index in [0.29, 0.717) is 22.6 Å². The van der Waals surface area contributed by atoms with Gasteiger partial charge in [-0.1, -0.05) is 46.5 Å². The average molecular weight is 404 g/mol. The number of rotatable bonds is 7. The van der Waals surface area contributed by atoms with Crippen molar-refractivity contribution in [1.82, 2.24) is 20.3 Å². The fourth-order valence-corrected chi connectivity index (χ4v) is 4.38. The molecule has 10 heteroatoms. The molecular weight excluding hydrogens is 390 g/mol. The Hall–Kier alpha value is -2.43. The first-order valence-corrected chi connectivity index (χ1v) is 10.2. The molecule has 4 rings (SSSR count). The van der Waals surface area contributed by atoms with Gasteiger partial charge in [0, 0.05) is 0 Å². The van der Waals surface area contributed by atoms with Crippen LogP contribution in [0.15, 0.2) is 50.6 Å². The van der Waals surface area contributed by atoms with Crippen molar-refractivity contribution in [3.63, 3.8) is 0 Å². The highest BCUT2D eigenvalue weighted by Crippen LogP contribution is 2.32. The van der Waals surface area contributed by atoms with Gasteiger partial charge in [-0.05, 0) is 23.6 Å². The zero-order chi connectivity index (χ0) is 17.8. The minimum Gasteiger partial charge on any atom is -0.495 e. The summed E-state index contributed by atoms with van der Waals surface area (Å²) < 4.78 is 11.4. The van der Waals surface area contributed by atoms with Crippen molar-refractivity contribution in [2.75, 3.05) is 12.4 Å². The van der Waals surface area contributed by atoms with Crippen molar-refractivity contribution in [2.45, 2.75) is 10.1 Å². The lowest BCUT2D eigenvalue weighted by Gasteiger charge is -2.07. The largest absolute Gasteiger partial charge is 0.495 e. The van der Waals surface area contributed by atoms with Gasteiger partial charge in [0.25, 0.3) is 0 Å². The SMILES string of the molecule is COc1ccccc1Nc1nnc(SCc2nc(-c3cccs3)no2)s1. The predicted octanol–water partition coefficient (Wildman–Crippen LogP) is 4.69. The molecule has 0 unspecified atom stereocenters. The van der Waals surface area contributed by atoms with E-state index in [0.717, 1.165) is 20.7 Å². The molecule has 0 fully saturated rings. The van der Waals surface area contributed by atoms with Crippen LogP contribution in [0.5, 0.6) is 5.75 Å². The number of thioether (sulfide) groups is 1. The molecule has 132 valence electrons. The summed E-state index contributed by atoms with van der Waals surface area (Å²) in [7, 11) is 1.64. The molecule has 0 amide bonds. The first-order chi connectivity index (χ1) is 12.8. The summed E-state index contributed by atoms with van der Waals surface area (Å²) in [6.45, 7) is 0. The quantitative estimate of drug-likeness (QED) is 0.445. The van der Waals surface area contributed by atoms with Crippen molar-refractivity contribution in [3.8, 4) is 16.5 Å². The van der Waals surface area contributed by atoms with E-state index in [4.69, 9.17) is 9.26 Å². The maximum absolute atomic E-state index is 5.32. The van der Waals surface area contributed by atoms with Gasteiger partial charge in [-0.2, -0.15) is 4.98 Å². The van der Waals surface area contributed by atoms with Gasteiger partial charge >= 0.3 is 0 Å². The molecule has 0 aliphatic carbocycles. The molecule has 3 heterocycles. The maximum Gasteiger partial charge on any atom is 0.237 e. The van der Waals surface area contributed by atoms with Gasteiger partial charge in [-0.3, -0.25) is 0 Å². The molecule has 0 saturated carbocycles. The number of ether oxygens (including phenoxy) is 1. The molecule has 0 bridgehead atoms. The molecule has 1 N–H and O–H groups in total. The smallest absolute Gasteiger partial charge is 0.237 e. The molecule has 7 nitrogen and oxygen atoms in total. The Morgan fingerprint density at radius 1 is 1.19 bits per heavy atom. The highest BCUT2D eigenvalue weighted by atomic mass is 32.2. The Kier molecular flexibility index (Phi) is 5.14. The summed E-state index contributed by atoms with van der Waals surface area (Å²) in [6.07, 6.45) is 0. The van der Waals surface area contributed by atoms with Crippen molar-refractivity contribution in [2.24, 2.45) is 0 Å². The highest BCUT2D eigenvalue weighted by Gasteiger charge is 2.12. The van der Waals surface area contributed by atoms with Crippen LogP contribution in [0.1, 0.15) is 5.89 Å². The van der Waals surface area contributed by atoms with Gasteiger partial charge in [0.2, 0.25) is 16.8 Å². The Morgan fingerprint density at radius 3 is 2.96 bits per heavy atom. The Balaban J connectivity index is 1.38. The number of para-hydroxylation sites is 2. The monoisotopic (exact) mass is 403 g/mol. The molecule has 0 saturated heterocycles. The van der Waals surface area contributed by atoms with Gasteiger partial charge < -0.3 is 14.6 Å². The second kappa shape index (κ2) is 7.85. The fraction of sp³-hybridized carbons (Fsp3) is 0.125. The predicted molar refractivity (Wildman–Crippen MR) is 103 cm³/mol. The van der Waals surface area contributed by atoms with E-state index < -0.39 is 0 Å². The first kappa shape index (κ1) is 17.0. The summed E-state index contributed by atoms with van der Waals surface area (Å²) in [5.74, 6) is 2.48. The summed E-state index contributed by atoms with van der Waals surface area (Å²) in [6, 6.07) is 11.6.